The summed E-state index contributed by atoms with van der Waals surface area (Å²) in [7, 11) is 0. The number of hydrogen-bond donors (Lipinski definition) is 2. The van der Waals surface area contributed by atoms with Gasteiger partial charge in [0.2, 0.25) is 5.91 Å². The van der Waals surface area contributed by atoms with Crippen LogP contribution in [0.2, 0.25) is 5.02 Å². The number of aryl methyl sites for hydroxylation is 2. The molecular formula is C38H37ClN8O5S. The summed E-state index contributed by atoms with van der Waals surface area (Å²) in [6.07, 6.45) is 4.44. The quantitative estimate of drug-likeness (QED) is 0.145. The van der Waals surface area contributed by atoms with Gasteiger partial charge in [-0.25, -0.2) is 4.79 Å². The molecule has 5 heterocycles. The molecule has 1 aliphatic heterocycles. The highest BCUT2D eigenvalue weighted by Gasteiger charge is 2.32. The molecule has 0 saturated carbocycles. The van der Waals surface area contributed by atoms with Gasteiger partial charge in [0.1, 0.15) is 22.6 Å². The molecule has 272 valence electrons. The highest BCUT2D eigenvalue weighted by atomic mass is 35.5. The van der Waals surface area contributed by atoms with Gasteiger partial charge in [-0.15, -0.1) is 21.5 Å². The van der Waals surface area contributed by atoms with Crippen molar-refractivity contribution < 1.29 is 14.3 Å². The molecule has 0 unspecified atom stereocenters. The van der Waals surface area contributed by atoms with Gasteiger partial charge in [0.25, 0.3) is 5.56 Å². The van der Waals surface area contributed by atoms with E-state index in [1.54, 1.807) is 17.5 Å². The summed E-state index contributed by atoms with van der Waals surface area (Å²) in [5.74, 6) is 1.92. The van der Waals surface area contributed by atoms with Crippen molar-refractivity contribution in [1.82, 2.24) is 34.6 Å². The maximum Gasteiger partial charge on any atom is 0.332 e. The molecule has 2 N–H and O–H groups in total. The number of aromatic nitrogens is 6. The molecule has 0 saturated heterocycles. The topological polar surface area (TPSA) is 158 Å². The zero-order valence-electron chi connectivity index (χ0n) is 29.4. The van der Waals surface area contributed by atoms with Gasteiger partial charge in [-0.05, 0) is 69.2 Å². The Morgan fingerprint density at radius 1 is 1.00 bits per heavy atom. The molecule has 53 heavy (non-hydrogen) atoms. The molecular weight excluding hydrogens is 716 g/mol. The lowest BCUT2D eigenvalue weighted by atomic mass is 9.99. The van der Waals surface area contributed by atoms with Gasteiger partial charge in [-0.2, -0.15) is 0 Å². The third kappa shape index (κ3) is 7.84. The Kier molecular flexibility index (Phi) is 10.6. The Labute approximate surface area is 313 Å². The number of carbonyl (C=O) groups excluding carboxylic acids is 1. The van der Waals surface area contributed by atoms with Gasteiger partial charge in [0, 0.05) is 64.9 Å². The molecule has 7 rings (SSSR count). The number of amides is 1. The number of carbonyl (C=O) groups is 1. The van der Waals surface area contributed by atoms with Gasteiger partial charge in [-0.3, -0.25) is 33.7 Å². The second kappa shape index (κ2) is 15.7. The van der Waals surface area contributed by atoms with Gasteiger partial charge in [-0.1, -0.05) is 23.7 Å². The van der Waals surface area contributed by atoms with Gasteiger partial charge in [0.05, 0.1) is 36.1 Å². The van der Waals surface area contributed by atoms with E-state index in [9.17, 15) is 14.4 Å². The summed E-state index contributed by atoms with van der Waals surface area (Å²) in [5.41, 5.74) is 4.18. The first-order chi connectivity index (χ1) is 25.7. The van der Waals surface area contributed by atoms with E-state index in [0.29, 0.717) is 61.5 Å². The summed E-state index contributed by atoms with van der Waals surface area (Å²) in [6, 6.07) is 15.7. The molecule has 1 amide bonds. The fourth-order valence-electron chi connectivity index (χ4n) is 6.18. The van der Waals surface area contributed by atoms with Crippen LogP contribution in [0.5, 0.6) is 5.75 Å². The molecule has 0 aliphatic carbocycles. The Morgan fingerprint density at radius 2 is 1.81 bits per heavy atom. The number of rotatable bonds is 13. The van der Waals surface area contributed by atoms with Crippen LogP contribution in [-0.4, -0.2) is 67.3 Å². The predicted octanol–water partition coefficient (Wildman–Crippen LogP) is 5.57. The highest BCUT2D eigenvalue weighted by molar-refractivity contribution is 7.15. The fourth-order valence-corrected chi connectivity index (χ4v) is 7.52. The summed E-state index contributed by atoms with van der Waals surface area (Å²) in [4.78, 5) is 49.9. The Balaban J connectivity index is 0.889. The van der Waals surface area contributed by atoms with Crippen molar-refractivity contribution in [2.75, 3.05) is 26.4 Å². The number of halogens is 1. The predicted molar refractivity (Wildman–Crippen MR) is 204 cm³/mol. The van der Waals surface area contributed by atoms with Gasteiger partial charge in [0.15, 0.2) is 5.82 Å². The number of benzene rings is 2. The van der Waals surface area contributed by atoms with Crippen molar-refractivity contribution in [3.63, 3.8) is 0 Å². The SMILES string of the molecule is Cc1sc2c(c1C)C(c1ccc(Cl)cc1)=N[C@@H](CC(=O)NCCCOCCCOc1ccc3ncc(-n4ccc(=O)[nH]c4=O)cc3c1)c1nnc(C)n1-2. The number of aromatic amines is 1. The summed E-state index contributed by atoms with van der Waals surface area (Å²) < 4.78 is 15.1. The second-order valence-corrected chi connectivity index (χ2v) is 14.3. The Bertz CT molecular complexity index is 2450. The molecule has 4 aromatic heterocycles. The molecule has 0 radical (unpaired) electrons. The molecule has 1 aliphatic rings. The van der Waals surface area contributed by atoms with Crippen LogP contribution >= 0.6 is 22.9 Å². The van der Waals surface area contributed by atoms with E-state index in [1.165, 1.54) is 21.7 Å². The van der Waals surface area contributed by atoms with Gasteiger partial charge >= 0.3 is 5.69 Å². The summed E-state index contributed by atoms with van der Waals surface area (Å²) in [6.45, 7) is 8.02. The monoisotopic (exact) mass is 752 g/mol. The normalized spacial score (nSPS) is 13.7. The van der Waals surface area contributed by atoms with Crippen LogP contribution in [0.1, 0.15) is 58.5 Å². The molecule has 0 bridgehead atoms. The highest BCUT2D eigenvalue weighted by Crippen LogP contribution is 2.39. The Hall–Kier alpha value is -5.44. The van der Waals surface area contributed by atoms with Crippen molar-refractivity contribution in [1.29, 1.82) is 0 Å². The van der Waals surface area contributed by atoms with Crippen LogP contribution in [-0.2, 0) is 9.53 Å². The third-order valence-electron chi connectivity index (χ3n) is 8.97. The minimum absolute atomic E-state index is 0.123. The van der Waals surface area contributed by atoms with Crippen molar-refractivity contribution in [3.8, 4) is 16.4 Å². The van der Waals surface area contributed by atoms with E-state index in [0.717, 1.165) is 44.1 Å². The van der Waals surface area contributed by atoms with Crippen LogP contribution in [0.3, 0.4) is 0 Å². The fraction of sp³-hybridized carbons (Fsp3) is 0.289. The van der Waals surface area contributed by atoms with Crippen molar-refractivity contribution in [2.45, 2.75) is 46.1 Å². The lowest BCUT2D eigenvalue weighted by Crippen LogP contribution is -2.27. The van der Waals surface area contributed by atoms with Crippen LogP contribution in [0.15, 0.2) is 81.6 Å². The molecule has 13 nitrogen and oxygen atoms in total. The number of hydrogen-bond acceptors (Lipinski definition) is 10. The first-order valence-corrected chi connectivity index (χ1v) is 18.4. The molecule has 15 heteroatoms. The molecule has 0 spiro atoms. The first-order valence-electron chi connectivity index (χ1n) is 17.2. The molecule has 6 aromatic rings. The lowest BCUT2D eigenvalue weighted by molar-refractivity contribution is -0.121. The largest absolute Gasteiger partial charge is 0.493 e. The van der Waals surface area contributed by atoms with E-state index in [2.05, 4.69) is 39.3 Å². The number of fused-ring (bicyclic) bond motifs is 4. The Morgan fingerprint density at radius 3 is 2.62 bits per heavy atom. The standard InChI is InChI=1S/C38H37ClN8O5S/c1-22-23(2)53-37-34(22)35(25-6-8-27(39)9-7-25)42-31(36-45-44-24(3)47(36)37)20-33(49)40-13-4-15-51-16-5-17-52-29-10-11-30-26(19-29)18-28(21-41-30)46-14-12-32(48)43-38(46)50/h6-12,14,18-19,21,31H,4-5,13,15-17,20H2,1-3H3,(H,40,49)(H,43,48,50)/t31-/m0/s1. The molecule has 0 fully saturated rings. The second-order valence-electron chi connectivity index (χ2n) is 12.7. The van der Waals surface area contributed by atoms with E-state index in [-0.39, 0.29) is 12.3 Å². The minimum Gasteiger partial charge on any atom is -0.493 e. The maximum absolute atomic E-state index is 13.2. The molecule has 2 aromatic carbocycles. The zero-order valence-corrected chi connectivity index (χ0v) is 31.0. The van der Waals surface area contributed by atoms with E-state index in [1.807, 2.05) is 60.0 Å². The summed E-state index contributed by atoms with van der Waals surface area (Å²) >= 11 is 7.89. The number of aliphatic imine (C=N–C) groups is 1. The maximum atomic E-state index is 13.2. The van der Waals surface area contributed by atoms with Crippen LogP contribution in [0, 0.1) is 20.8 Å². The number of H-pyrrole nitrogens is 1. The van der Waals surface area contributed by atoms with E-state index < -0.39 is 17.3 Å². The van der Waals surface area contributed by atoms with E-state index in [4.69, 9.17) is 26.1 Å². The molecule has 1 atom stereocenters. The number of nitrogens with one attached hydrogen (secondary N) is 2. The third-order valence-corrected chi connectivity index (χ3v) is 10.4. The van der Waals surface area contributed by atoms with Gasteiger partial charge < -0.3 is 14.8 Å². The lowest BCUT2D eigenvalue weighted by Gasteiger charge is -2.13. The average molecular weight is 753 g/mol. The van der Waals surface area contributed by atoms with Crippen LogP contribution < -0.4 is 21.3 Å². The smallest absolute Gasteiger partial charge is 0.332 e. The summed E-state index contributed by atoms with van der Waals surface area (Å²) in [5, 5.41) is 14.3. The number of ether oxygens (including phenoxy) is 2. The zero-order chi connectivity index (χ0) is 37.1. The van der Waals surface area contributed by atoms with Crippen molar-refractivity contribution in [2.24, 2.45) is 4.99 Å². The number of nitrogens with zero attached hydrogens (tertiary/aromatic N) is 6. The van der Waals surface area contributed by atoms with E-state index >= 15 is 0 Å². The van der Waals surface area contributed by atoms with Crippen LogP contribution in [0.4, 0.5) is 0 Å². The first kappa shape index (κ1) is 35.9. The van der Waals surface area contributed by atoms with Crippen LogP contribution in [0.25, 0.3) is 21.6 Å². The minimum atomic E-state index is -0.536. The average Bonchev–Trinajstić information content (AvgIpc) is 3.62. The number of thiophene rings is 1. The van der Waals surface area contributed by atoms with Crippen molar-refractivity contribution >= 4 is 45.5 Å². The number of pyridine rings is 1. The van der Waals surface area contributed by atoms with Crippen molar-refractivity contribution in [3.05, 3.63) is 126 Å².